The van der Waals surface area contributed by atoms with Gasteiger partial charge in [0.05, 0.1) is 9.79 Å². The van der Waals surface area contributed by atoms with Gasteiger partial charge >= 0.3 is 0 Å². The molecule has 8 heteroatoms. The molecule has 2 aromatic rings. The molecule has 0 atom stereocenters. The number of nitrogens with zero attached hydrogens (tertiary/aromatic N) is 1. The van der Waals surface area contributed by atoms with Gasteiger partial charge in [-0.2, -0.15) is 4.31 Å². The van der Waals surface area contributed by atoms with Gasteiger partial charge in [0.2, 0.25) is 20.0 Å². The van der Waals surface area contributed by atoms with Crippen molar-refractivity contribution < 1.29 is 16.8 Å². The molecule has 0 spiro atoms. The van der Waals surface area contributed by atoms with Gasteiger partial charge in [-0.15, -0.1) is 0 Å². The summed E-state index contributed by atoms with van der Waals surface area (Å²) < 4.78 is 53.4. The molecule has 0 aliphatic rings. The van der Waals surface area contributed by atoms with E-state index in [9.17, 15) is 16.8 Å². The van der Waals surface area contributed by atoms with Gasteiger partial charge in [-0.25, -0.2) is 21.6 Å². The largest absolute Gasteiger partial charge is 0.243 e. The molecule has 0 aromatic heterocycles. The van der Waals surface area contributed by atoms with Gasteiger partial charge < -0.3 is 0 Å². The minimum atomic E-state index is -3.61. The SMILES string of the molecule is CCN(CC)S(=O)(=O)c1ccc(CNS(=O)(=O)c2ccc(C)cc2)cc1. The van der Waals surface area contributed by atoms with E-state index >= 15 is 0 Å². The zero-order chi connectivity index (χ0) is 19.4. The second kappa shape index (κ2) is 8.30. The fourth-order valence-corrected chi connectivity index (χ4v) is 4.95. The standard InChI is InChI=1S/C18H24N2O4S2/c1-4-20(5-2)26(23,24)18-12-8-16(9-13-18)14-19-25(21,22)17-10-6-15(3)7-11-17/h6-13,19H,4-5,14H2,1-3H3. The Morgan fingerprint density at radius 3 is 1.81 bits per heavy atom. The second-order valence-corrected chi connectivity index (χ2v) is 9.58. The van der Waals surface area contributed by atoms with E-state index < -0.39 is 20.0 Å². The van der Waals surface area contributed by atoms with Gasteiger partial charge in [0, 0.05) is 19.6 Å². The summed E-state index contributed by atoms with van der Waals surface area (Å²) in [5.74, 6) is 0. The Kier molecular flexibility index (Phi) is 6.57. The van der Waals surface area contributed by atoms with Gasteiger partial charge in [-0.1, -0.05) is 43.7 Å². The van der Waals surface area contributed by atoms with Crippen LogP contribution in [-0.4, -0.2) is 34.2 Å². The smallest absolute Gasteiger partial charge is 0.207 e. The average Bonchev–Trinajstić information content (AvgIpc) is 2.61. The van der Waals surface area contributed by atoms with Gasteiger partial charge in [0.15, 0.2) is 0 Å². The van der Waals surface area contributed by atoms with E-state index in [-0.39, 0.29) is 16.3 Å². The highest BCUT2D eigenvalue weighted by Gasteiger charge is 2.21. The molecule has 0 fully saturated rings. The molecule has 0 aliphatic heterocycles. The highest BCUT2D eigenvalue weighted by atomic mass is 32.2. The molecular weight excluding hydrogens is 372 g/mol. The lowest BCUT2D eigenvalue weighted by Crippen LogP contribution is -2.30. The lowest BCUT2D eigenvalue weighted by atomic mass is 10.2. The zero-order valence-electron chi connectivity index (χ0n) is 15.1. The predicted molar refractivity (Wildman–Crippen MR) is 102 cm³/mol. The van der Waals surface area contributed by atoms with Crippen molar-refractivity contribution in [1.29, 1.82) is 0 Å². The molecule has 0 bridgehead atoms. The van der Waals surface area contributed by atoms with Crippen LogP contribution in [0.25, 0.3) is 0 Å². The third-order valence-electron chi connectivity index (χ3n) is 4.06. The molecule has 0 saturated heterocycles. The molecule has 0 radical (unpaired) electrons. The first-order valence-corrected chi connectivity index (χ1v) is 11.3. The van der Waals surface area contributed by atoms with Crippen molar-refractivity contribution in [3.05, 3.63) is 59.7 Å². The summed E-state index contributed by atoms with van der Waals surface area (Å²) in [5.41, 5.74) is 1.66. The molecule has 26 heavy (non-hydrogen) atoms. The summed E-state index contributed by atoms with van der Waals surface area (Å²) in [5, 5.41) is 0. The van der Waals surface area contributed by atoms with Crippen LogP contribution in [0.2, 0.25) is 0 Å². The molecule has 2 aromatic carbocycles. The van der Waals surface area contributed by atoms with Crippen molar-refractivity contribution in [2.45, 2.75) is 37.1 Å². The Bertz CT molecular complexity index is 932. The molecule has 0 aliphatic carbocycles. The normalized spacial score (nSPS) is 12.5. The van der Waals surface area contributed by atoms with Crippen LogP contribution in [0.1, 0.15) is 25.0 Å². The average molecular weight is 397 g/mol. The number of nitrogens with one attached hydrogen (secondary N) is 1. The van der Waals surface area contributed by atoms with E-state index in [2.05, 4.69) is 4.72 Å². The fraction of sp³-hybridized carbons (Fsp3) is 0.333. The van der Waals surface area contributed by atoms with Crippen LogP contribution in [-0.2, 0) is 26.6 Å². The van der Waals surface area contributed by atoms with E-state index in [1.165, 1.54) is 16.4 Å². The van der Waals surface area contributed by atoms with E-state index in [4.69, 9.17) is 0 Å². The topological polar surface area (TPSA) is 83.6 Å². The van der Waals surface area contributed by atoms with E-state index in [1.54, 1.807) is 50.2 Å². The summed E-state index contributed by atoms with van der Waals surface area (Å²) >= 11 is 0. The Labute approximate surface area is 156 Å². The van der Waals surface area contributed by atoms with Crippen LogP contribution in [0.15, 0.2) is 58.3 Å². The van der Waals surface area contributed by atoms with Crippen molar-refractivity contribution in [3.63, 3.8) is 0 Å². The first kappa shape index (κ1) is 20.6. The van der Waals surface area contributed by atoms with E-state index in [0.717, 1.165) is 5.56 Å². The van der Waals surface area contributed by atoms with Crippen molar-refractivity contribution in [3.8, 4) is 0 Å². The van der Waals surface area contributed by atoms with Crippen molar-refractivity contribution in [1.82, 2.24) is 9.03 Å². The van der Waals surface area contributed by atoms with Gasteiger partial charge in [-0.05, 0) is 36.8 Å². The third kappa shape index (κ3) is 4.70. The highest BCUT2D eigenvalue weighted by Crippen LogP contribution is 2.17. The zero-order valence-corrected chi connectivity index (χ0v) is 16.8. The lowest BCUT2D eigenvalue weighted by Gasteiger charge is -2.18. The summed E-state index contributed by atoms with van der Waals surface area (Å²) in [6.45, 7) is 6.35. The highest BCUT2D eigenvalue weighted by molar-refractivity contribution is 7.89. The number of hydrogen-bond acceptors (Lipinski definition) is 4. The number of aryl methyl sites for hydroxylation is 1. The first-order chi connectivity index (χ1) is 12.2. The van der Waals surface area contributed by atoms with Gasteiger partial charge in [0.1, 0.15) is 0 Å². The summed E-state index contributed by atoms with van der Waals surface area (Å²) in [7, 11) is -7.13. The van der Waals surface area contributed by atoms with E-state index in [1.807, 2.05) is 6.92 Å². The Hall–Kier alpha value is -1.74. The lowest BCUT2D eigenvalue weighted by molar-refractivity contribution is 0.445. The molecule has 0 unspecified atom stereocenters. The predicted octanol–water partition coefficient (Wildman–Crippen LogP) is 2.50. The molecule has 0 heterocycles. The fourth-order valence-electron chi connectivity index (χ4n) is 2.47. The van der Waals surface area contributed by atoms with Crippen LogP contribution >= 0.6 is 0 Å². The van der Waals surface area contributed by atoms with Crippen LogP contribution in [0.4, 0.5) is 0 Å². The maximum absolute atomic E-state index is 12.4. The molecule has 1 N–H and O–H groups in total. The Balaban J connectivity index is 2.11. The van der Waals surface area contributed by atoms with Crippen molar-refractivity contribution >= 4 is 20.0 Å². The second-order valence-electron chi connectivity index (χ2n) is 5.87. The molecule has 0 amide bonds. The van der Waals surface area contributed by atoms with Crippen LogP contribution in [0, 0.1) is 6.92 Å². The Morgan fingerprint density at radius 1 is 0.808 bits per heavy atom. The number of benzene rings is 2. The monoisotopic (exact) mass is 396 g/mol. The maximum Gasteiger partial charge on any atom is 0.243 e. The molecular formula is C18H24N2O4S2. The quantitative estimate of drug-likeness (QED) is 0.743. The maximum atomic E-state index is 12.4. The minimum absolute atomic E-state index is 0.0851. The Morgan fingerprint density at radius 2 is 1.31 bits per heavy atom. The number of sulfonamides is 2. The molecule has 0 saturated carbocycles. The summed E-state index contributed by atoms with van der Waals surface area (Å²) in [6.07, 6.45) is 0. The van der Waals surface area contributed by atoms with E-state index in [0.29, 0.717) is 18.7 Å². The van der Waals surface area contributed by atoms with Crippen molar-refractivity contribution in [2.24, 2.45) is 0 Å². The van der Waals surface area contributed by atoms with Crippen molar-refractivity contribution in [2.75, 3.05) is 13.1 Å². The summed E-state index contributed by atoms with van der Waals surface area (Å²) in [6, 6.07) is 12.8. The molecule has 6 nitrogen and oxygen atoms in total. The van der Waals surface area contributed by atoms with Crippen LogP contribution in [0.3, 0.4) is 0 Å². The van der Waals surface area contributed by atoms with Crippen LogP contribution in [0.5, 0.6) is 0 Å². The molecule has 142 valence electrons. The van der Waals surface area contributed by atoms with Gasteiger partial charge in [0.25, 0.3) is 0 Å². The first-order valence-electron chi connectivity index (χ1n) is 8.36. The minimum Gasteiger partial charge on any atom is -0.207 e. The number of rotatable bonds is 8. The number of hydrogen-bond donors (Lipinski definition) is 1. The molecule has 2 rings (SSSR count). The van der Waals surface area contributed by atoms with Gasteiger partial charge in [-0.3, -0.25) is 0 Å². The third-order valence-corrected chi connectivity index (χ3v) is 7.55. The summed E-state index contributed by atoms with van der Waals surface area (Å²) in [4.78, 5) is 0.398. The van der Waals surface area contributed by atoms with Crippen LogP contribution < -0.4 is 4.72 Å².